The van der Waals surface area contributed by atoms with E-state index in [9.17, 15) is 14.7 Å². The number of likely N-dealkylation sites (tertiary alicyclic amines) is 1. The maximum absolute atomic E-state index is 13.3. The average molecular weight is 483 g/mol. The number of pyridine rings is 1. The molecular formula is C30H30N2O4. The number of hydrogen-bond acceptors (Lipinski definition) is 5. The van der Waals surface area contributed by atoms with Gasteiger partial charge in [-0.2, -0.15) is 0 Å². The summed E-state index contributed by atoms with van der Waals surface area (Å²) in [6.45, 7) is 10.2. The average Bonchev–Trinajstić information content (AvgIpc) is 3.12. The molecule has 36 heavy (non-hydrogen) atoms. The summed E-state index contributed by atoms with van der Waals surface area (Å²) in [5, 5.41) is 11.4. The lowest BCUT2D eigenvalue weighted by Gasteiger charge is -2.26. The highest BCUT2D eigenvalue weighted by molar-refractivity contribution is 6.46. The lowest BCUT2D eigenvalue weighted by Crippen LogP contribution is -2.29. The lowest BCUT2D eigenvalue weighted by molar-refractivity contribution is -0.140. The van der Waals surface area contributed by atoms with Crippen LogP contribution in [0.5, 0.6) is 5.75 Å². The van der Waals surface area contributed by atoms with Gasteiger partial charge in [-0.3, -0.25) is 14.6 Å². The van der Waals surface area contributed by atoms with Crippen LogP contribution in [0.25, 0.3) is 5.76 Å². The van der Waals surface area contributed by atoms with Gasteiger partial charge in [0.1, 0.15) is 18.1 Å². The molecule has 1 saturated heterocycles. The Morgan fingerprint density at radius 2 is 1.92 bits per heavy atom. The van der Waals surface area contributed by atoms with Crippen LogP contribution in [0.1, 0.15) is 53.6 Å². The van der Waals surface area contributed by atoms with Crippen LogP contribution in [0.4, 0.5) is 0 Å². The first-order chi connectivity index (χ1) is 17.3. The molecule has 1 N–H and O–H groups in total. The quantitative estimate of drug-likeness (QED) is 0.193. The van der Waals surface area contributed by atoms with Crippen molar-refractivity contribution in [2.75, 3.05) is 6.61 Å². The minimum Gasteiger partial charge on any atom is -0.507 e. The zero-order valence-electron chi connectivity index (χ0n) is 20.8. The van der Waals surface area contributed by atoms with Crippen LogP contribution in [-0.2, 0) is 16.1 Å². The number of carbonyl (C=O) groups is 2. The summed E-state index contributed by atoms with van der Waals surface area (Å²) in [7, 11) is 0. The Balaban J connectivity index is 1.83. The molecule has 3 aromatic rings. The van der Waals surface area contributed by atoms with Crippen LogP contribution < -0.4 is 4.74 Å². The third kappa shape index (κ3) is 4.93. The molecule has 6 nitrogen and oxygen atoms in total. The minimum atomic E-state index is -0.734. The highest BCUT2D eigenvalue weighted by Gasteiger charge is 2.46. The number of amides is 1. The Morgan fingerprint density at radius 3 is 2.53 bits per heavy atom. The molecule has 1 aliphatic rings. The number of carbonyl (C=O) groups excluding carboxylic acids is 2. The van der Waals surface area contributed by atoms with Crippen molar-refractivity contribution in [3.05, 3.63) is 113 Å². The van der Waals surface area contributed by atoms with Crippen LogP contribution in [0.15, 0.2) is 85.2 Å². The van der Waals surface area contributed by atoms with Crippen molar-refractivity contribution in [1.82, 2.24) is 9.88 Å². The van der Waals surface area contributed by atoms with Crippen molar-refractivity contribution in [2.24, 2.45) is 0 Å². The van der Waals surface area contributed by atoms with Gasteiger partial charge in [-0.15, -0.1) is 0 Å². The fourth-order valence-electron chi connectivity index (χ4n) is 4.43. The number of benzene rings is 2. The minimum absolute atomic E-state index is 0.0732. The number of aliphatic hydroxyl groups excluding tert-OH is 1. The van der Waals surface area contributed by atoms with Gasteiger partial charge in [0.25, 0.3) is 11.7 Å². The number of nitrogens with zero attached hydrogens (tertiary/aromatic N) is 2. The van der Waals surface area contributed by atoms with Crippen LogP contribution in [0, 0.1) is 6.92 Å². The molecular weight excluding hydrogens is 452 g/mol. The van der Waals surface area contributed by atoms with Gasteiger partial charge in [-0.25, -0.2) is 0 Å². The summed E-state index contributed by atoms with van der Waals surface area (Å²) in [5.41, 5.74) is 3.97. The molecule has 2 heterocycles. The highest BCUT2D eigenvalue weighted by atomic mass is 16.5. The van der Waals surface area contributed by atoms with E-state index in [0.29, 0.717) is 23.8 Å². The van der Waals surface area contributed by atoms with Crippen LogP contribution >= 0.6 is 0 Å². The molecule has 1 atom stereocenters. The first-order valence-electron chi connectivity index (χ1n) is 11.9. The number of Topliss-reactive ketones (excluding diaryl/α,β-unsaturated/α-hetero) is 1. The van der Waals surface area contributed by atoms with Crippen LogP contribution in [-0.4, -0.2) is 33.3 Å². The second-order valence-electron chi connectivity index (χ2n) is 9.19. The molecule has 0 aliphatic carbocycles. The molecule has 2 aromatic carbocycles. The van der Waals surface area contributed by atoms with E-state index in [1.54, 1.807) is 42.7 Å². The molecule has 1 unspecified atom stereocenters. The summed E-state index contributed by atoms with van der Waals surface area (Å²) in [4.78, 5) is 32.2. The number of aliphatic hydroxyl groups is 1. The number of aromatic nitrogens is 1. The van der Waals surface area contributed by atoms with Crippen LogP contribution in [0.3, 0.4) is 0 Å². The monoisotopic (exact) mass is 482 g/mol. The number of aryl methyl sites for hydroxylation is 1. The SMILES string of the molecule is C=CCOc1ccc(C(O)=C2C(=O)C(=O)N(Cc3cccnc3)C2c2ccc(C(C)C)cc2)c(C)c1. The van der Waals surface area contributed by atoms with Gasteiger partial charge in [0.2, 0.25) is 0 Å². The van der Waals surface area contributed by atoms with Gasteiger partial charge in [0.15, 0.2) is 0 Å². The van der Waals surface area contributed by atoms with Gasteiger partial charge in [0.05, 0.1) is 11.6 Å². The maximum atomic E-state index is 13.3. The third-order valence-corrected chi connectivity index (χ3v) is 6.36. The Kier molecular flexibility index (Phi) is 7.34. The molecule has 6 heteroatoms. The van der Waals surface area contributed by atoms with Crippen LogP contribution in [0.2, 0.25) is 0 Å². The fraction of sp³-hybridized carbons (Fsp3) is 0.233. The Hall–Kier alpha value is -4.19. The van der Waals surface area contributed by atoms with Gasteiger partial charge in [0, 0.05) is 24.5 Å². The Morgan fingerprint density at radius 1 is 1.17 bits per heavy atom. The number of rotatable bonds is 8. The second-order valence-corrected chi connectivity index (χ2v) is 9.19. The standard InChI is InChI=1S/C30H30N2O4/c1-5-15-36-24-12-13-25(20(4)16-24)28(33)26-27(23-10-8-22(9-11-23)19(2)3)32(30(35)29(26)34)18-21-7-6-14-31-17-21/h5-14,16-17,19,27,33H,1,15,18H2,2-4H3. The van der Waals surface area contributed by atoms with Gasteiger partial charge < -0.3 is 14.7 Å². The Labute approximate surface area is 211 Å². The summed E-state index contributed by atoms with van der Waals surface area (Å²) < 4.78 is 5.59. The van der Waals surface area contributed by atoms with E-state index in [0.717, 1.165) is 22.3 Å². The largest absolute Gasteiger partial charge is 0.507 e. The first-order valence-corrected chi connectivity index (χ1v) is 11.9. The van der Waals surface area contributed by atoms with Crippen molar-refractivity contribution >= 4 is 17.4 Å². The summed E-state index contributed by atoms with van der Waals surface area (Å²) in [6.07, 6.45) is 4.98. The molecule has 1 aromatic heterocycles. The predicted molar refractivity (Wildman–Crippen MR) is 139 cm³/mol. The molecule has 1 fully saturated rings. The van der Waals surface area contributed by atoms with E-state index in [4.69, 9.17) is 4.74 Å². The normalized spacial score (nSPS) is 17.0. The zero-order valence-corrected chi connectivity index (χ0v) is 20.8. The first kappa shape index (κ1) is 24.9. The molecule has 4 rings (SSSR count). The van der Waals surface area contributed by atoms with Crippen molar-refractivity contribution in [3.8, 4) is 5.75 Å². The lowest BCUT2D eigenvalue weighted by atomic mass is 9.92. The molecule has 0 spiro atoms. The molecule has 1 aliphatic heterocycles. The van der Waals surface area contributed by atoms with E-state index in [-0.39, 0.29) is 17.9 Å². The summed E-state index contributed by atoms with van der Waals surface area (Å²) >= 11 is 0. The molecule has 0 radical (unpaired) electrons. The highest BCUT2D eigenvalue weighted by Crippen LogP contribution is 2.41. The van der Waals surface area contributed by atoms with Gasteiger partial charge in [-0.05, 0) is 59.4 Å². The van der Waals surface area contributed by atoms with E-state index < -0.39 is 17.7 Å². The molecule has 0 saturated carbocycles. The number of hydrogen-bond donors (Lipinski definition) is 1. The fourth-order valence-corrected chi connectivity index (χ4v) is 4.43. The van der Waals surface area contributed by atoms with Gasteiger partial charge >= 0.3 is 0 Å². The second kappa shape index (κ2) is 10.6. The molecule has 1 amide bonds. The predicted octanol–water partition coefficient (Wildman–Crippen LogP) is 5.70. The van der Waals surface area contributed by atoms with Crippen molar-refractivity contribution in [1.29, 1.82) is 0 Å². The topological polar surface area (TPSA) is 79.7 Å². The van der Waals surface area contributed by atoms with E-state index in [1.165, 1.54) is 4.90 Å². The smallest absolute Gasteiger partial charge is 0.295 e. The van der Waals surface area contributed by atoms with Crippen molar-refractivity contribution in [2.45, 2.75) is 39.3 Å². The van der Waals surface area contributed by atoms with Crippen molar-refractivity contribution in [3.63, 3.8) is 0 Å². The molecule has 184 valence electrons. The van der Waals surface area contributed by atoms with Crippen molar-refractivity contribution < 1.29 is 19.4 Å². The van der Waals surface area contributed by atoms with Gasteiger partial charge in [-0.1, -0.05) is 56.8 Å². The zero-order chi connectivity index (χ0) is 25.8. The summed E-state index contributed by atoms with van der Waals surface area (Å²) in [5.74, 6) is -0.595. The van der Waals surface area contributed by atoms with E-state index in [1.807, 2.05) is 37.3 Å². The van der Waals surface area contributed by atoms with E-state index in [2.05, 4.69) is 25.4 Å². The number of ketones is 1. The third-order valence-electron chi connectivity index (χ3n) is 6.36. The number of ether oxygens (including phenoxy) is 1. The summed E-state index contributed by atoms with van der Waals surface area (Å²) in [6, 6.07) is 16.0. The molecule has 0 bridgehead atoms. The van der Waals surface area contributed by atoms with E-state index >= 15 is 0 Å². The Bertz CT molecular complexity index is 1310. The maximum Gasteiger partial charge on any atom is 0.295 e.